The Morgan fingerprint density at radius 1 is 1.28 bits per heavy atom. The van der Waals surface area contributed by atoms with Crippen molar-refractivity contribution in [3.8, 4) is 0 Å². The van der Waals surface area contributed by atoms with Crippen LogP contribution in [0.4, 0.5) is 0 Å². The quantitative estimate of drug-likeness (QED) is 0.827. The molecule has 3 heteroatoms. The van der Waals surface area contributed by atoms with Crippen molar-refractivity contribution in [3.63, 3.8) is 0 Å². The highest BCUT2D eigenvalue weighted by Gasteiger charge is 2.34. The molecule has 1 unspecified atom stereocenters. The molecule has 18 heavy (non-hydrogen) atoms. The normalized spacial score (nSPS) is 29.3. The number of piperidine rings is 1. The zero-order valence-electron chi connectivity index (χ0n) is 12.2. The molecule has 106 valence electrons. The SMILES string of the molecule is CCCC1(CN2CCSC(CC)C2)CCNCC1. The van der Waals surface area contributed by atoms with Gasteiger partial charge in [-0.3, -0.25) is 0 Å². The molecule has 1 atom stereocenters. The summed E-state index contributed by atoms with van der Waals surface area (Å²) in [5, 5.41) is 4.42. The second kappa shape index (κ2) is 7.16. The maximum Gasteiger partial charge on any atom is 0.0172 e. The molecular weight excluding hydrogens is 240 g/mol. The van der Waals surface area contributed by atoms with E-state index in [9.17, 15) is 0 Å². The molecule has 2 aliphatic rings. The lowest BCUT2D eigenvalue weighted by Crippen LogP contribution is -2.48. The highest BCUT2D eigenvalue weighted by atomic mass is 32.2. The van der Waals surface area contributed by atoms with Crippen molar-refractivity contribution >= 4 is 11.8 Å². The molecule has 0 radical (unpaired) electrons. The van der Waals surface area contributed by atoms with E-state index in [4.69, 9.17) is 0 Å². The summed E-state index contributed by atoms with van der Waals surface area (Å²) in [6.07, 6.45) is 6.89. The maximum atomic E-state index is 3.53. The molecule has 2 heterocycles. The number of nitrogens with one attached hydrogen (secondary N) is 1. The van der Waals surface area contributed by atoms with Crippen molar-refractivity contribution in [2.24, 2.45) is 5.41 Å². The van der Waals surface area contributed by atoms with Gasteiger partial charge < -0.3 is 10.2 Å². The van der Waals surface area contributed by atoms with E-state index in [1.807, 2.05) is 0 Å². The summed E-state index contributed by atoms with van der Waals surface area (Å²) < 4.78 is 0. The van der Waals surface area contributed by atoms with Gasteiger partial charge >= 0.3 is 0 Å². The molecule has 0 aromatic carbocycles. The standard InChI is InChI=1S/C15H30N2S/c1-3-5-15(6-8-16-9-7-15)13-17-10-11-18-14(4-2)12-17/h14,16H,3-13H2,1-2H3. The largest absolute Gasteiger partial charge is 0.317 e. The molecule has 2 saturated heterocycles. The monoisotopic (exact) mass is 270 g/mol. The molecule has 0 saturated carbocycles. The van der Waals surface area contributed by atoms with Crippen LogP contribution in [0.25, 0.3) is 0 Å². The Balaban J connectivity index is 1.91. The van der Waals surface area contributed by atoms with E-state index >= 15 is 0 Å². The Labute approximate surface area is 117 Å². The lowest BCUT2D eigenvalue weighted by Gasteiger charge is -2.43. The van der Waals surface area contributed by atoms with E-state index in [0.717, 1.165) is 5.25 Å². The second-order valence-electron chi connectivity index (χ2n) is 6.14. The Bertz CT molecular complexity index is 233. The minimum Gasteiger partial charge on any atom is -0.317 e. The van der Waals surface area contributed by atoms with Crippen molar-refractivity contribution in [2.75, 3.05) is 38.5 Å². The number of hydrogen-bond acceptors (Lipinski definition) is 3. The van der Waals surface area contributed by atoms with Crippen LogP contribution in [0.1, 0.15) is 46.0 Å². The highest BCUT2D eigenvalue weighted by Crippen LogP contribution is 2.36. The summed E-state index contributed by atoms with van der Waals surface area (Å²) in [4.78, 5) is 2.77. The molecule has 0 spiro atoms. The van der Waals surface area contributed by atoms with Crippen LogP contribution in [0.3, 0.4) is 0 Å². The van der Waals surface area contributed by atoms with E-state index in [0.29, 0.717) is 5.41 Å². The van der Waals surface area contributed by atoms with Gasteiger partial charge in [0.05, 0.1) is 0 Å². The lowest BCUT2D eigenvalue weighted by molar-refractivity contribution is 0.102. The highest BCUT2D eigenvalue weighted by molar-refractivity contribution is 8.00. The zero-order chi connectivity index (χ0) is 12.8. The fourth-order valence-corrected chi connectivity index (χ4v) is 4.87. The minimum atomic E-state index is 0.625. The van der Waals surface area contributed by atoms with Gasteiger partial charge in [0.15, 0.2) is 0 Å². The van der Waals surface area contributed by atoms with Crippen LogP contribution < -0.4 is 5.32 Å². The van der Waals surface area contributed by atoms with E-state index in [1.165, 1.54) is 70.6 Å². The maximum absolute atomic E-state index is 3.53. The third-order valence-electron chi connectivity index (χ3n) is 4.68. The minimum absolute atomic E-state index is 0.625. The first-order valence-corrected chi connectivity index (χ1v) is 8.87. The average Bonchev–Trinajstić information content (AvgIpc) is 2.40. The van der Waals surface area contributed by atoms with Crippen molar-refractivity contribution in [3.05, 3.63) is 0 Å². The van der Waals surface area contributed by atoms with Crippen molar-refractivity contribution in [1.82, 2.24) is 10.2 Å². The summed E-state index contributed by atoms with van der Waals surface area (Å²) in [7, 11) is 0. The molecule has 0 bridgehead atoms. The van der Waals surface area contributed by atoms with Gasteiger partial charge in [-0.15, -0.1) is 0 Å². The fourth-order valence-electron chi connectivity index (χ4n) is 3.62. The number of hydrogen-bond donors (Lipinski definition) is 1. The topological polar surface area (TPSA) is 15.3 Å². The lowest BCUT2D eigenvalue weighted by atomic mass is 9.75. The molecule has 0 aromatic rings. The number of rotatable bonds is 5. The van der Waals surface area contributed by atoms with Crippen molar-refractivity contribution in [1.29, 1.82) is 0 Å². The molecule has 2 fully saturated rings. The third-order valence-corrected chi connectivity index (χ3v) is 6.05. The molecule has 2 aliphatic heterocycles. The Hall–Kier alpha value is 0.270. The van der Waals surface area contributed by atoms with Crippen LogP contribution in [0.2, 0.25) is 0 Å². The van der Waals surface area contributed by atoms with Crippen LogP contribution in [0.15, 0.2) is 0 Å². The smallest absolute Gasteiger partial charge is 0.0172 e. The summed E-state index contributed by atoms with van der Waals surface area (Å²) >= 11 is 2.19. The van der Waals surface area contributed by atoms with Crippen LogP contribution in [0.5, 0.6) is 0 Å². The predicted molar refractivity (Wildman–Crippen MR) is 82.4 cm³/mol. The van der Waals surface area contributed by atoms with Crippen LogP contribution in [-0.4, -0.2) is 48.6 Å². The first kappa shape index (κ1) is 14.7. The average molecular weight is 270 g/mol. The van der Waals surface area contributed by atoms with Gasteiger partial charge in [-0.05, 0) is 44.2 Å². The molecule has 2 rings (SSSR count). The van der Waals surface area contributed by atoms with Crippen molar-refractivity contribution in [2.45, 2.75) is 51.2 Å². The predicted octanol–water partition coefficient (Wildman–Crippen LogP) is 2.98. The van der Waals surface area contributed by atoms with Gasteiger partial charge in [-0.2, -0.15) is 11.8 Å². The summed E-state index contributed by atoms with van der Waals surface area (Å²) in [6.45, 7) is 11.2. The fraction of sp³-hybridized carbons (Fsp3) is 1.00. The van der Waals surface area contributed by atoms with Gasteiger partial charge in [0, 0.05) is 30.6 Å². The van der Waals surface area contributed by atoms with Gasteiger partial charge in [0.2, 0.25) is 0 Å². The molecular formula is C15H30N2S. The van der Waals surface area contributed by atoms with E-state index in [-0.39, 0.29) is 0 Å². The zero-order valence-corrected chi connectivity index (χ0v) is 13.0. The summed E-state index contributed by atoms with van der Waals surface area (Å²) in [5.74, 6) is 1.35. The van der Waals surface area contributed by atoms with Crippen molar-refractivity contribution < 1.29 is 0 Å². The van der Waals surface area contributed by atoms with Crippen LogP contribution in [-0.2, 0) is 0 Å². The van der Waals surface area contributed by atoms with E-state index < -0.39 is 0 Å². The summed E-state index contributed by atoms with van der Waals surface area (Å²) in [5.41, 5.74) is 0.625. The Morgan fingerprint density at radius 3 is 2.72 bits per heavy atom. The Kier molecular flexibility index (Phi) is 5.84. The number of nitrogens with zero attached hydrogens (tertiary/aromatic N) is 1. The third kappa shape index (κ3) is 3.88. The van der Waals surface area contributed by atoms with Gasteiger partial charge in [0.25, 0.3) is 0 Å². The van der Waals surface area contributed by atoms with Gasteiger partial charge in [-0.1, -0.05) is 20.3 Å². The molecule has 1 N–H and O–H groups in total. The molecule has 0 aliphatic carbocycles. The first-order valence-electron chi connectivity index (χ1n) is 7.83. The molecule has 0 amide bonds. The van der Waals surface area contributed by atoms with E-state index in [1.54, 1.807) is 0 Å². The molecule has 0 aromatic heterocycles. The van der Waals surface area contributed by atoms with Gasteiger partial charge in [-0.25, -0.2) is 0 Å². The number of thioether (sulfide) groups is 1. The van der Waals surface area contributed by atoms with Crippen LogP contribution in [0, 0.1) is 5.41 Å². The van der Waals surface area contributed by atoms with Gasteiger partial charge in [0.1, 0.15) is 0 Å². The van der Waals surface area contributed by atoms with E-state index in [2.05, 4.69) is 35.8 Å². The second-order valence-corrected chi connectivity index (χ2v) is 7.54. The Morgan fingerprint density at radius 2 is 2.06 bits per heavy atom. The first-order chi connectivity index (χ1) is 8.78. The molecule has 2 nitrogen and oxygen atoms in total. The summed E-state index contributed by atoms with van der Waals surface area (Å²) in [6, 6.07) is 0. The van der Waals surface area contributed by atoms with Crippen LogP contribution >= 0.6 is 11.8 Å².